The fourth-order valence-electron chi connectivity index (χ4n) is 0.478. The van der Waals surface area contributed by atoms with Crippen LogP contribution in [0.2, 0.25) is 0 Å². The number of pyridine rings is 1. The molecule has 0 saturated carbocycles. The van der Waals surface area contributed by atoms with Crippen molar-refractivity contribution in [3.63, 3.8) is 0 Å². The number of aromatic amines is 1. The molecule has 0 amide bonds. The van der Waals surface area contributed by atoms with Crippen molar-refractivity contribution in [2.45, 2.75) is 0 Å². The molecule has 0 spiro atoms. The summed E-state index contributed by atoms with van der Waals surface area (Å²) >= 11 is 5.23. The van der Waals surface area contributed by atoms with Crippen LogP contribution in [-0.2, 0) is 0 Å². The summed E-state index contributed by atoms with van der Waals surface area (Å²) in [5, 5.41) is 0. The summed E-state index contributed by atoms with van der Waals surface area (Å²) in [6, 6.07) is 3.37. The van der Waals surface area contributed by atoms with E-state index < -0.39 is 0 Å². The molecule has 0 aliphatic rings. The van der Waals surface area contributed by atoms with Gasteiger partial charge in [0.2, 0.25) is 5.56 Å². The van der Waals surface area contributed by atoms with Crippen LogP contribution in [0.15, 0.2) is 21.5 Å². The van der Waals surface area contributed by atoms with Gasteiger partial charge in [-0.15, -0.1) is 0 Å². The number of hydrogen-bond acceptors (Lipinski definition) is 1. The number of nitrogens with one attached hydrogen (secondary N) is 1. The van der Waals surface area contributed by atoms with Gasteiger partial charge in [0.15, 0.2) is 0 Å². The molecule has 9 heavy (non-hydrogen) atoms. The first-order chi connectivity index (χ1) is 4.18. The largest absolute Gasteiger partial charge is 0.317 e. The maximum atomic E-state index is 10.6. The average molecular weight is 300 g/mol. The monoisotopic (exact) mass is 299 g/mol. The van der Waals surface area contributed by atoms with E-state index in [4.69, 9.17) is 0 Å². The van der Waals surface area contributed by atoms with Crippen molar-refractivity contribution in [3.05, 3.63) is 30.7 Å². The second kappa shape index (κ2) is 2.83. The highest BCUT2D eigenvalue weighted by atomic mass is 127. The van der Waals surface area contributed by atoms with Gasteiger partial charge in [-0.1, -0.05) is 0 Å². The summed E-state index contributed by atoms with van der Waals surface area (Å²) in [5.74, 6) is 0. The van der Waals surface area contributed by atoms with E-state index in [0.717, 1.165) is 8.17 Å². The van der Waals surface area contributed by atoms with Crippen LogP contribution < -0.4 is 5.56 Å². The summed E-state index contributed by atoms with van der Waals surface area (Å²) < 4.78 is 1.66. The van der Waals surface area contributed by atoms with Crippen molar-refractivity contribution in [3.8, 4) is 0 Å². The second-order valence-electron chi connectivity index (χ2n) is 1.51. The van der Waals surface area contributed by atoms with Gasteiger partial charge in [0.05, 0.1) is 4.60 Å². The zero-order valence-electron chi connectivity index (χ0n) is 4.32. The minimum atomic E-state index is -0.0752. The maximum absolute atomic E-state index is 10.6. The van der Waals surface area contributed by atoms with Gasteiger partial charge in [0.25, 0.3) is 0 Å². The van der Waals surface area contributed by atoms with Crippen molar-refractivity contribution in [2.75, 3.05) is 0 Å². The van der Waals surface area contributed by atoms with Crippen LogP contribution >= 0.6 is 38.5 Å². The number of halogens is 2. The van der Waals surface area contributed by atoms with Crippen molar-refractivity contribution in [2.24, 2.45) is 0 Å². The van der Waals surface area contributed by atoms with Gasteiger partial charge in [-0.05, 0) is 44.6 Å². The van der Waals surface area contributed by atoms with Crippen molar-refractivity contribution < 1.29 is 0 Å². The second-order valence-corrected chi connectivity index (χ2v) is 3.61. The van der Waals surface area contributed by atoms with Crippen LogP contribution in [0, 0.1) is 3.57 Å². The van der Waals surface area contributed by atoms with Crippen LogP contribution in [-0.4, -0.2) is 4.98 Å². The molecule has 2 nitrogen and oxygen atoms in total. The Kier molecular flexibility index (Phi) is 2.29. The molecule has 0 saturated heterocycles. The van der Waals surface area contributed by atoms with Crippen LogP contribution in [0.4, 0.5) is 0 Å². The zero-order valence-corrected chi connectivity index (χ0v) is 8.06. The highest BCUT2D eigenvalue weighted by Crippen LogP contribution is 2.06. The Hall–Kier alpha value is 0.160. The van der Waals surface area contributed by atoms with Gasteiger partial charge in [0.1, 0.15) is 0 Å². The van der Waals surface area contributed by atoms with E-state index in [-0.39, 0.29) is 5.56 Å². The molecule has 1 rings (SSSR count). The zero-order chi connectivity index (χ0) is 6.85. The molecule has 1 aromatic rings. The van der Waals surface area contributed by atoms with Crippen molar-refractivity contribution in [1.29, 1.82) is 0 Å². The third-order valence-corrected chi connectivity index (χ3v) is 1.83. The molecule has 0 atom stereocenters. The predicted octanol–water partition coefficient (Wildman–Crippen LogP) is 1.74. The molecule has 48 valence electrons. The topological polar surface area (TPSA) is 32.9 Å². The van der Waals surface area contributed by atoms with Gasteiger partial charge in [-0.25, -0.2) is 0 Å². The van der Waals surface area contributed by atoms with E-state index in [2.05, 4.69) is 43.5 Å². The number of aromatic nitrogens is 1. The Balaban J connectivity index is 3.33. The molecule has 0 aliphatic heterocycles. The third kappa shape index (κ3) is 2.09. The van der Waals surface area contributed by atoms with Crippen molar-refractivity contribution >= 4 is 38.5 Å². The molecule has 1 heterocycles. The SMILES string of the molecule is O=c1cc(I)cc(Br)[nH]1. The number of hydrogen-bond donors (Lipinski definition) is 1. The molecule has 0 aromatic carbocycles. The van der Waals surface area contributed by atoms with Crippen LogP contribution in [0.25, 0.3) is 0 Å². The summed E-state index contributed by atoms with van der Waals surface area (Å²) in [4.78, 5) is 13.2. The van der Waals surface area contributed by atoms with Gasteiger partial charge in [-0.2, -0.15) is 0 Å². The van der Waals surface area contributed by atoms with E-state index in [0.29, 0.717) is 0 Å². The Labute approximate surface area is 73.9 Å². The first-order valence-electron chi connectivity index (χ1n) is 2.24. The summed E-state index contributed by atoms with van der Waals surface area (Å²) in [6.45, 7) is 0. The minimum absolute atomic E-state index is 0.0752. The molecule has 1 aromatic heterocycles. The lowest BCUT2D eigenvalue weighted by Crippen LogP contribution is -2.03. The minimum Gasteiger partial charge on any atom is -0.317 e. The highest BCUT2D eigenvalue weighted by molar-refractivity contribution is 14.1. The first-order valence-corrected chi connectivity index (χ1v) is 4.11. The summed E-state index contributed by atoms with van der Waals surface area (Å²) in [5.41, 5.74) is -0.0752. The van der Waals surface area contributed by atoms with Crippen LogP contribution in [0.5, 0.6) is 0 Å². The van der Waals surface area contributed by atoms with E-state index in [9.17, 15) is 4.79 Å². The number of rotatable bonds is 0. The molecular formula is C5H3BrINO. The predicted molar refractivity (Wildman–Crippen MR) is 47.5 cm³/mol. The highest BCUT2D eigenvalue weighted by Gasteiger charge is 1.89. The molecule has 0 radical (unpaired) electrons. The van der Waals surface area contributed by atoms with Crippen molar-refractivity contribution in [1.82, 2.24) is 4.98 Å². The lowest BCUT2D eigenvalue weighted by molar-refractivity contribution is 1.19. The Morgan fingerprint density at radius 1 is 1.56 bits per heavy atom. The summed E-state index contributed by atoms with van der Waals surface area (Å²) in [7, 11) is 0. The van der Waals surface area contributed by atoms with E-state index in [1.807, 2.05) is 6.07 Å². The van der Waals surface area contributed by atoms with E-state index >= 15 is 0 Å². The van der Waals surface area contributed by atoms with Gasteiger partial charge in [0, 0.05) is 9.64 Å². The Morgan fingerprint density at radius 2 is 2.22 bits per heavy atom. The van der Waals surface area contributed by atoms with Crippen LogP contribution in [0.1, 0.15) is 0 Å². The average Bonchev–Trinajstić information content (AvgIpc) is 1.59. The molecule has 4 heteroatoms. The Bertz CT molecular complexity index is 247. The molecule has 0 fully saturated rings. The lowest BCUT2D eigenvalue weighted by atomic mass is 10.5. The van der Waals surface area contributed by atoms with Gasteiger partial charge < -0.3 is 4.98 Å². The normalized spacial score (nSPS) is 9.56. The molecule has 1 N–H and O–H groups in total. The maximum Gasteiger partial charge on any atom is 0.249 e. The van der Waals surface area contributed by atoms with E-state index in [1.54, 1.807) is 0 Å². The molecule has 0 unspecified atom stereocenters. The van der Waals surface area contributed by atoms with Gasteiger partial charge >= 0.3 is 0 Å². The van der Waals surface area contributed by atoms with Gasteiger partial charge in [-0.3, -0.25) is 4.79 Å². The fourth-order valence-corrected chi connectivity index (χ4v) is 1.94. The van der Waals surface area contributed by atoms with Crippen LogP contribution in [0.3, 0.4) is 0 Å². The lowest BCUT2D eigenvalue weighted by Gasteiger charge is -1.88. The summed E-state index contributed by atoms with van der Waals surface area (Å²) in [6.07, 6.45) is 0. The molecule has 0 aliphatic carbocycles. The quantitative estimate of drug-likeness (QED) is 0.574. The Morgan fingerprint density at radius 3 is 2.67 bits per heavy atom. The first kappa shape index (κ1) is 7.27. The van der Waals surface area contributed by atoms with E-state index in [1.165, 1.54) is 6.07 Å². The molecular weight excluding hydrogens is 297 g/mol. The smallest absolute Gasteiger partial charge is 0.249 e. The fraction of sp³-hybridized carbons (Fsp3) is 0. The molecule has 0 bridgehead atoms. The number of H-pyrrole nitrogens is 1. The third-order valence-electron chi connectivity index (χ3n) is 0.776. The standard InChI is InChI=1S/C5H3BrINO/c6-4-1-3(7)2-5(9)8-4/h1-2H,(H,8,9).